The fourth-order valence-electron chi connectivity index (χ4n) is 1.71. The van der Waals surface area contributed by atoms with Gasteiger partial charge in [-0.25, -0.2) is 0 Å². The first-order valence-electron chi connectivity index (χ1n) is 5.41. The van der Waals surface area contributed by atoms with E-state index in [9.17, 15) is 0 Å². The van der Waals surface area contributed by atoms with Crippen LogP contribution in [0.4, 0.5) is 0 Å². The van der Waals surface area contributed by atoms with Gasteiger partial charge in [-0.1, -0.05) is 0 Å². The summed E-state index contributed by atoms with van der Waals surface area (Å²) in [5.41, 5.74) is 0. The van der Waals surface area contributed by atoms with Gasteiger partial charge in [0.2, 0.25) is 0 Å². The third kappa shape index (κ3) is 6.69. The first-order valence-corrected chi connectivity index (χ1v) is 8.24. The molecule has 0 aromatic heterocycles. The summed E-state index contributed by atoms with van der Waals surface area (Å²) in [7, 11) is -1.87. The van der Waals surface area contributed by atoms with Crippen LogP contribution >= 0.6 is 7.26 Å². The van der Waals surface area contributed by atoms with E-state index in [4.69, 9.17) is 20.4 Å². The molecule has 0 heterocycles. The molecule has 98 valence electrons. The molecule has 0 saturated heterocycles. The third-order valence-electron chi connectivity index (χ3n) is 2.63. The summed E-state index contributed by atoms with van der Waals surface area (Å²) in [5, 5.41) is 35.0. The van der Waals surface area contributed by atoms with Crippen molar-refractivity contribution in [3.63, 3.8) is 0 Å². The van der Waals surface area contributed by atoms with Gasteiger partial charge < -0.3 is 0 Å². The average molecular weight is 260 g/mol. The fraction of sp³-hybridized carbons (Fsp3) is 0.333. The minimum absolute atomic E-state index is 0.711. The first-order chi connectivity index (χ1) is 8.24. The molecule has 0 rings (SSSR count). The van der Waals surface area contributed by atoms with Crippen LogP contribution in [0.2, 0.25) is 0 Å². The zero-order valence-corrected chi connectivity index (χ0v) is 10.7. The van der Waals surface area contributed by atoms with Gasteiger partial charge in [0.05, 0.1) is 0 Å². The molecule has 0 aliphatic rings. The van der Waals surface area contributed by atoms with Crippen LogP contribution in [0.3, 0.4) is 0 Å². The fourth-order valence-corrected chi connectivity index (χ4v) is 5.13. The predicted octanol–water partition coefficient (Wildman–Crippen LogP) is 3.02. The third-order valence-corrected chi connectivity index (χ3v) is 7.03. The standard InChI is InChI=1S/C12H21O4P/c13-5-1-9-17(10-2-6-14,11-3-7-15)12-4-8-16/h1-8,13-17H,9-12H2. The molecular weight excluding hydrogens is 239 g/mol. The van der Waals surface area contributed by atoms with E-state index in [-0.39, 0.29) is 0 Å². The Bertz CT molecular complexity index is 233. The summed E-state index contributed by atoms with van der Waals surface area (Å²) < 4.78 is 0. The molecule has 0 spiro atoms. The molecule has 0 bridgehead atoms. The van der Waals surface area contributed by atoms with E-state index in [1.807, 2.05) is 0 Å². The quantitative estimate of drug-likeness (QED) is 0.399. The van der Waals surface area contributed by atoms with Crippen molar-refractivity contribution in [3.8, 4) is 0 Å². The second kappa shape index (κ2) is 9.79. The van der Waals surface area contributed by atoms with Gasteiger partial charge in [-0.05, 0) is 0 Å². The van der Waals surface area contributed by atoms with Crippen molar-refractivity contribution in [3.05, 3.63) is 49.4 Å². The van der Waals surface area contributed by atoms with E-state index in [2.05, 4.69) is 0 Å². The van der Waals surface area contributed by atoms with Crippen LogP contribution in [-0.2, 0) is 0 Å². The Kier molecular flexibility index (Phi) is 8.98. The monoisotopic (exact) mass is 260 g/mol. The van der Waals surface area contributed by atoms with Gasteiger partial charge in [-0.15, -0.1) is 0 Å². The maximum atomic E-state index is 8.75. The molecule has 0 amide bonds. The second-order valence-electron chi connectivity index (χ2n) is 3.86. The molecule has 0 aromatic rings. The SMILES string of the molecule is OC=CC[PH](CC=CO)(CC=CO)CC=CO. The minimum atomic E-state index is -1.87. The number of aliphatic hydroxyl groups is 4. The molecule has 0 aliphatic carbocycles. The average Bonchev–Trinajstić information content (AvgIpc) is 2.37. The number of hydrogen-bond acceptors (Lipinski definition) is 4. The molecule has 0 atom stereocenters. The molecule has 4 nitrogen and oxygen atoms in total. The topological polar surface area (TPSA) is 80.9 Å². The molecule has 5 heteroatoms. The van der Waals surface area contributed by atoms with Gasteiger partial charge in [0.25, 0.3) is 0 Å². The van der Waals surface area contributed by atoms with E-state index < -0.39 is 7.26 Å². The molecule has 0 radical (unpaired) electrons. The van der Waals surface area contributed by atoms with Crippen molar-refractivity contribution in [2.24, 2.45) is 0 Å². The van der Waals surface area contributed by atoms with Crippen molar-refractivity contribution in [1.29, 1.82) is 0 Å². The molecule has 0 fully saturated rings. The van der Waals surface area contributed by atoms with Crippen LogP contribution in [-0.4, -0.2) is 45.1 Å². The van der Waals surface area contributed by atoms with Gasteiger partial charge in [0, 0.05) is 0 Å². The van der Waals surface area contributed by atoms with E-state index >= 15 is 0 Å². The second-order valence-corrected chi connectivity index (χ2v) is 8.49. The van der Waals surface area contributed by atoms with Crippen molar-refractivity contribution < 1.29 is 20.4 Å². The Morgan fingerprint density at radius 2 is 0.765 bits per heavy atom. The molecule has 0 aliphatic heterocycles. The van der Waals surface area contributed by atoms with Crippen molar-refractivity contribution in [2.75, 3.05) is 24.6 Å². The van der Waals surface area contributed by atoms with Crippen molar-refractivity contribution >= 4 is 7.26 Å². The Labute approximate surface area is 102 Å². The van der Waals surface area contributed by atoms with Crippen molar-refractivity contribution in [2.45, 2.75) is 0 Å². The first kappa shape index (κ1) is 15.6. The van der Waals surface area contributed by atoms with Crippen LogP contribution in [0.25, 0.3) is 0 Å². The summed E-state index contributed by atoms with van der Waals surface area (Å²) in [4.78, 5) is 0. The van der Waals surface area contributed by atoms with Crippen LogP contribution in [0.15, 0.2) is 49.4 Å². The van der Waals surface area contributed by atoms with Gasteiger partial charge in [0.15, 0.2) is 0 Å². The van der Waals surface area contributed by atoms with Crippen LogP contribution in [0, 0.1) is 0 Å². The van der Waals surface area contributed by atoms with Crippen LogP contribution in [0.5, 0.6) is 0 Å². The molecule has 0 saturated carbocycles. The maximum absolute atomic E-state index is 8.75. The van der Waals surface area contributed by atoms with Gasteiger partial charge in [-0.3, -0.25) is 0 Å². The summed E-state index contributed by atoms with van der Waals surface area (Å²) in [6, 6.07) is 0. The van der Waals surface area contributed by atoms with E-state index in [1.165, 1.54) is 0 Å². The van der Waals surface area contributed by atoms with E-state index in [0.29, 0.717) is 24.6 Å². The van der Waals surface area contributed by atoms with E-state index in [0.717, 1.165) is 25.0 Å². The summed E-state index contributed by atoms with van der Waals surface area (Å²) in [6.45, 7) is 0. The molecule has 0 aromatic carbocycles. The normalized spacial score (nSPS) is 14.6. The van der Waals surface area contributed by atoms with E-state index in [1.54, 1.807) is 24.3 Å². The number of allylic oxidation sites excluding steroid dienone is 4. The Hall–Kier alpha value is -1.41. The summed E-state index contributed by atoms with van der Waals surface area (Å²) >= 11 is 0. The molecule has 0 unspecified atom stereocenters. The van der Waals surface area contributed by atoms with Crippen molar-refractivity contribution in [1.82, 2.24) is 0 Å². The van der Waals surface area contributed by atoms with Gasteiger partial charge in [0.1, 0.15) is 0 Å². The van der Waals surface area contributed by atoms with Crippen LogP contribution < -0.4 is 0 Å². The summed E-state index contributed by atoms with van der Waals surface area (Å²) in [6.07, 6.45) is 13.6. The zero-order valence-electron chi connectivity index (χ0n) is 9.74. The molecule has 4 N–H and O–H groups in total. The molecule has 17 heavy (non-hydrogen) atoms. The van der Waals surface area contributed by atoms with Gasteiger partial charge >= 0.3 is 102 Å². The summed E-state index contributed by atoms with van der Waals surface area (Å²) in [5.74, 6) is 0. The number of hydrogen-bond donors (Lipinski definition) is 4. The molecular formula is C12H21O4P. The Morgan fingerprint density at radius 1 is 0.529 bits per heavy atom. The van der Waals surface area contributed by atoms with Gasteiger partial charge in [-0.2, -0.15) is 0 Å². The number of rotatable bonds is 8. The van der Waals surface area contributed by atoms with Crippen LogP contribution in [0.1, 0.15) is 0 Å². The Balaban J connectivity index is 4.87. The Morgan fingerprint density at radius 3 is 0.941 bits per heavy atom. The zero-order chi connectivity index (χ0) is 13.0. The number of aliphatic hydroxyl groups excluding tert-OH is 4. The predicted molar refractivity (Wildman–Crippen MR) is 74.9 cm³/mol.